The highest BCUT2D eigenvalue weighted by Crippen LogP contribution is 2.53. The number of aromatic amines is 1. The van der Waals surface area contributed by atoms with Crippen molar-refractivity contribution in [1.82, 2.24) is 14.8 Å². The smallest absolute Gasteiger partial charge is 0.123 e. The molecule has 0 atom stereocenters. The molecule has 0 bridgehead atoms. The topological polar surface area (TPSA) is 22.3 Å². The predicted molar refractivity (Wildman–Crippen MR) is 121 cm³/mol. The number of nitrogens with one attached hydrogen (secondary N) is 1. The summed E-state index contributed by atoms with van der Waals surface area (Å²) >= 11 is 0. The molecule has 31 heavy (non-hydrogen) atoms. The number of H-pyrrole nitrogens is 1. The Bertz CT molecular complexity index is 1110. The van der Waals surface area contributed by atoms with Crippen LogP contribution in [0, 0.1) is 18.6 Å². The summed E-state index contributed by atoms with van der Waals surface area (Å²) in [6, 6.07) is 12.1. The van der Waals surface area contributed by atoms with Crippen LogP contribution in [0.15, 0.2) is 42.5 Å². The van der Waals surface area contributed by atoms with E-state index in [4.69, 9.17) is 0 Å². The Morgan fingerprint density at radius 2 is 1.65 bits per heavy atom. The fourth-order valence-electron chi connectivity index (χ4n) is 6.08. The molecule has 3 aromatic rings. The van der Waals surface area contributed by atoms with Gasteiger partial charge in [0, 0.05) is 35.2 Å². The summed E-state index contributed by atoms with van der Waals surface area (Å²) in [7, 11) is 4.22. The van der Waals surface area contributed by atoms with Crippen molar-refractivity contribution in [1.29, 1.82) is 0 Å². The normalized spacial score (nSPS) is 27.0. The number of nitrogens with zero attached hydrogens (tertiary/aromatic N) is 2. The highest BCUT2D eigenvalue weighted by atomic mass is 19.1. The first kappa shape index (κ1) is 20.7. The number of hydrogen-bond donors (Lipinski definition) is 1. The van der Waals surface area contributed by atoms with E-state index in [1.165, 1.54) is 24.2 Å². The van der Waals surface area contributed by atoms with Crippen LogP contribution in [0.25, 0.3) is 10.9 Å². The molecule has 0 amide bonds. The van der Waals surface area contributed by atoms with Gasteiger partial charge >= 0.3 is 0 Å². The van der Waals surface area contributed by atoms with Gasteiger partial charge in [0.05, 0.1) is 5.54 Å². The van der Waals surface area contributed by atoms with E-state index in [0.717, 1.165) is 60.8 Å². The average Bonchev–Trinajstić information content (AvgIpc) is 3.03. The van der Waals surface area contributed by atoms with Crippen molar-refractivity contribution in [2.75, 3.05) is 27.2 Å². The molecule has 1 aliphatic carbocycles. The van der Waals surface area contributed by atoms with Crippen molar-refractivity contribution in [3.05, 3.63) is 70.9 Å². The number of likely N-dealkylation sites (tertiary alicyclic amines) is 1. The van der Waals surface area contributed by atoms with Crippen LogP contribution in [0.5, 0.6) is 0 Å². The fraction of sp³-hybridized carbons (Fsp3) is 0.462. The highest BCUT2D eigenvalue weighted by molar-refractivity contribution is 5.85. The highest BCUT2D eigenvalue weighted by Gasteiger charge is 2.51. The molecular weight excluding hydrogens is 392 g/mol. The molecule has 1 N–H and O–H groups in total. The summed E-state index contributed by atoms with van der Waals surface area (Å²) in [5.74, 6) is -0.368. The van der Waals surface area contributed by atoms with E-state index in [-0.39, 0.29) is 22.7 Å². The molecule has 1 aliphatic heterocycles. The van der Waals surface area contributed by atoms with Crippen LogP contribution in [-0.2, 0) is 11.1 Å². The molecule has 2 fully saturated rings. The third-order valence-electron chi connectivity index (χ3n) is 8.07. The maximum atomic E-state index is 14.1. The van der Waals surface area contributed by atoms with E-state index in [9.17, 15) is 8.78 Å². The zero-order chi connectivity index (χ0) is 21.8. The molecule has 3 nitrogen and oxygen atoms in total. The Morgan fingerprint density at radius 1 is 0.935 bits per heavy atom. The quantitative estimate of drug-likeness (QED) is 0.583. The predicted octanol–water partition coefficient (Wildman–Crippen LogP) is 5.69. The van der Waals surface area contributed by atoms with Gasteiger partial charge in [-0.05, 0) is 94.6 Å². The molecule has 5 rings (SSSR count). The van der Waals surface area contributed by atoms with Crippen LogP contribution in [-0.4, -0.2) is 42.0 Å². The van der Waals surface area contributed by atoms with Gasteiger partial charge in [0.15, 0.2) is 0 Å². The fourth-order valence-corrected chi connectivity index (χ4v) is 6.08. The standard InChI is InChI=1S/C26H31F2N3/c1-18-22-17-21(28)8-9-23(22)29-24(18)26(31-14-5-15-31)12-10-25(11-13-26,30(2)3)19-6-4-7-20(27)16-19/h4,6-9,16-17,29H,5,10-15H2,1-3H3. The van der Waals surface area contributed by atoms with Crippen LogP contribution >= 0.6 is 0 Å². The van der Waals surface area contributed by atoms with Crippen molar-refractivity contribution < 1.29 is 8.78 Å². The Kier molecular flexibility index (Phi) is 4.94. The number of aryl methyl sites for hydroxylation is 1. The molecule has 0 spiro atoms. The Hall–Kier alpha value is -2.24. The van der Waals surface area contributed by atoms with E-state index in [0.29, 0.717) is 0 Å². The second kappa shape index (κ2) is 7.42. The van der Waals surface area contributed by atoms with Gasteiger partial charge in [-0.1, -0.05) is 12.1 Å². The van der Waals surface area contributed by atoms with Crippen LogP contribution in [0.1, 0.15) is 48.9 Å². The minimum absolute atomic E-state index is 0.0787. The average molecular weight is 424 g/mol. The molecule has 0 radical (unpaired) electrons. The van der Waals surface area contributed by atoms with E-state index in [1.807, 2.05) is 12.1 Å². The minimum atomic E-state index is -0.194. The van der Waals surface area contributed by atoms with E-state index in [1.54, 1.807) is 12.1 Å². The summed E-state index contributed by atoms with van der Waals surface area (Å²) < 4.78 is 28.1. The van der Waals surface area contributed by atoms with Gasteiger partial charge in [-0.2, -0.15) is 0 Å². The van der Waals surface area contributed by atoms with Gasteiger partial charge in [-0.15, -0.1) is 0 Å². The van der Waals surface area contributed by atoms with Crippen molar-refractivity contribution in [3.8, 4) is 0 Å². The number of benzene rings is 2. The number of rotatable bonds is 4. The molecule has 2 aromatic carbocycles. The van der Waals surface area contributed by atoms with E-state index < -0.39 is 0 Å². The summed E-state index contributed by atoms with van der Waals surface area (Å²) in [4.78, 5) is 8.55. The first-order valence-corrected chi connectivity index (χ1v) is 11.3. The first-order valence-electron chi connectivity index (χ1n) is 11.3. The zero-order valence-electron chi connectivity index (χ0n) is 18.6. The van der Waals surface area contributed by atoms with E-state index in [2.05, 4.69) is 41.9 Å². The maximum absolute atomic E-state index is 14.1. The molecule has 1 saturated heterocycles. The summed E-state index contributed by atoms with van der Waals surface area (Å²) in [5.41, 5.74) is 4.20. The van der Waals surface area contributed by atoms with Gasteiger partial charge < -0.3 is 4.98 Å². The zero-order valence-corrected chi connectivity index (χ0v) is 18.6. The summed E-state index contributed by atoms with van der Waals surface area (Å²) in [5, 5.41) is 0.976. The summed E-state index contributed by atoms with van der Waals surface area (Å²) in [6.07, 6.45) is 5.08. The lowest BCUT2D eigenvalue weighted by Gasteiger charge is -2.56. The molecule has 1 saturated carbocycles. The van der Waals surface area contributed by atoms with Crippen LogP contribution < -0.4 is 0 Å². The maximum Gasteiger partial charge on any atom is 0.123 e. The summed E-state index contributed by atoms with van der Waals surface area (Å²) in [6.45, 7) is 4.31. The third kappa shape index (κ3) is 3.13. The lowest BCUT2D eigenvalue weighted by molar-refractivity contribution is -0.0467. The number of aromatic nitrogens is 1. The van der Waals surface area contributed by atoms with Crippen LogP contribution in [0.3, 0.4) is 0 Å². The Balaban J connectivity index is 1.57. The molecule has 0 unspecified atom stereocenters. The van der Waals surface area contributed by atoms with E-state index >= 15 is 0 Å². The number of fused-ring (bicyclic) bond motifs is 1. The van der Waals surface area contributed by atoms with Crippen LogP contribution in [0.4, 0.5) is 8.78 Å². The second-order valence-electron chi connectivity index (χ2n) is 9.62. The molecular formula is C26H31F2N3. The minimum Gasteiger partial charge on any atom is -0.357 e. The lowest BCUT2D eigenvalue weighted by atomic mass is 9.65. The first-order chi connectivity index (χ1) is 14.9. The van der Waals surface area contributed by atoms with Gasteiger partial charge in [-0.3, -0.25) is 9.80 Å². The lowest BCUT2D eigenvalue weighted by Crippen LogP contribution is -2.58. The molecule has 164 valence electrons. The molecule has 2 heterocycles. The third-order valence-corrected chi connectivity index (χ3v) is 8.07. The number of hydrogen-bond acceptors (Lipinski definition) is 2. The molecule has 1 aromatic heterocycles. The molecule has 2 aliphatic rings. The SMILES string of the molecule is Cc1c(C2(N3CCC3)CCC(c3cccc(F)c3)(N(C)C)CC2)[nH]c2ccc(F)cc12. The Labute approximate surface area is 183 Å². The number of halogens is 2. The van der Waals surface area contributed by atoms with Gasteiger partial charge in [0.25, 0.3) is 0 Å². The van der Waals surface area contributed by atoms with Crippen molar-refractivity contribution in [2.24, 2.45) is 0 Å². The van der Waals surface area contributed by atoms with Crippen molar-refractivity contribution >= 4 is 10.9 Å². The second-order valence-corrected chi connectivity index (χ2v) is 9.62. The van der Waals surface area contributed by atoms with Gasteiger partial charge in [0.1, 0.15) is 11.6 Å². The monoisotopic (exact) mass is 423 g/mol. The van der Waals surface area contributed by atoms with Gasteiger partial charge in [0.2, 0.25) is 0 Å². The Morgan fingerprint density at radius 3 is 2.26 bits per heavy atom. The van der Waals surface area contributed by atoms with Gasteiger partial charge in [-0.25, -0.2) is 8.78 Å². The van der Waals surface area contributed by atoms with Crippen molar-refractivity contribution in [3.63, 3.8) is 0 Å². The largest absolute Gasteiger partial charge is 0.357 e. The molecule has 5 heteroatoms. The van der Waals surface area contributed by atoms with Crippen molar-refractivity contribution in [2.45, 2.75) is 50.1 Å². The van der Waals surface area contributed by atoms with Crippen LogP contribution in [0.2, 0.25) is 0 Å².